The summed E-state index contributed by atoms with van der Waals surface area (Å²) in [6.07, 6.45) is 0. The lowest BCUT2D eigenvalue weighted by Gasteiger charge is -2.11. The van der Waals surface area contributed by atoms with Crippen molar-refractivity contribution in [1.29, 1.82) is 0 Å². The predicted octanol–water partition coefficient (Wildman–Crippen LogP) is 4.10. The molecule has 0 bridgehead atoms. The van der Waals surface area contributed by atoms with Gasteiger partial charge < -0.3 is 4.74 Å². The number of thiophene rings is 1. The number of imide groups is 1. The van der Waals surface area contributed by atoms with E-state index < -0.39 is 17.6 Å². The summed E-state index contributed by atoms with van der Waals surface area (Å²) in [7, 11) is 0. The summed E-state index contributed by atoms with van der Waals surface area (Å²) >= 11 is 2.39. The van der Waals surface area contributed by atoms with Gasteiger partial charge in [0.25, 0.3) is 5.91 Å². The number of carbonyl (C=O) groups is 2. The second-order valence-corrected chi connectivity index (χ2v) is 8.32. The summed E-state index contributed by atoms with van der Waals surface area (Å²) in [6, 6.07) is 18.8. The van der Waals surface area contributed by atoms with Crippen molar-refractivity contribution in [2.24, 2.45) is 0 Å². The first-order valence-corrected chi connectivity index (χ1v) is 11.4. The Morgan fingerprint density at radius 2 is 1.81 bits per heavy atom. The van der Waals surface area contributed by atoms with Gasteiger partial charge in [-0.3, -0.25) is 19.5 Å². The van der Waals surface area contributed by atoms with Crippen LogP contribution in [0.2, 0.25) is 0 Å². The van der Waals surface area contributed by atoms with Crippen molar-refractivity contribution in [3.63, 3.8) is 0 Å². The van der Waals surface area contributed by atoms with Crippen molar-refractivity contribution in [2.75, 3.05) is 5.75 Å². The van der Waals surface area contributed by atoms with Crippen molar-refractivity contribution in [1.82, 2.24) is 20.1 Å². The van der Waals surface area contributed by atoms with Gasteiger partial charge in [0, 0.05) is 5.69 Å². The highest BCUT2D eigenvalue weighted by Crippen LogP contribution is 2.24. The Hall–Kier alpha value is -3.50. The number of carbonyl (C=O) groups excluding carboxylic acids is 2. The largest absolute Gasteiger partial charge is 0.483 e. The van der Waals surface area contributed by atoms with Crippen LogP contribution in [0.5, 0.6) is 5.75 Å². The van der Waals surface area contributed by atoms with E-state index in [1.807, 2.05) is 30.3 Å². The van der Waals surface area contributed by atoms with Crippen LogP contribution in [0.1, 0.15) is 15.5 Å². The van der Waals surface area contributed by atoms with Gasteiger partial charge in [0.1, 0.15) is 6.61 Å². The molecule has 4 rings (SSSR count). The van der Waals surface area contributed by atoms with Crippen LogP contribution in [-0.4, -0.2) is 32.3 Å². The molecule has 10 heteroatoms. The highest BCUT2D eigenvalue weighted by molar-refractivity contribution is 7.99. The highest BCUT2D eigenvalue weighted by Gasteiger charge is 2.18. The van der Waals surface area contributed by atoms with E-state index in [0.29, 0.717) is 15.9 Å². The number of aromatic nitrogens is 3. The molecule has 162 valence electrons. The number of hydrogen-bond donors (Lipinski definition) is 1. The number of benzene rings is 2. The molecule has 0 spiro atoms. The molecule has 0 fully saturated rings. The van der Waals surface area contributed by atoms with E-state index in [1.165, 1.54) is 23.5 Å². The minimum Gasteiger partial charge on any atom is -0.483 e. The summed E-state index contributed by atoms with van der Waals surface area (Å²) in [4.78, 5) is 24.8. The van der Waals surface area contributed by atoms with Crippen LogP contribution >= 0.6 is 23.1 Å². The first-order chi connectivity index (χ1) is 15.6. The van der Waals surface area contributed by atoms with E-state index in [1.54, 1.807) is 34.2 Å². The number of nitrogens with zero attached hydrogens (tertiary/aromatic N) is 3. The Morgan fingerprint density at radius 3 is 2.56 bits per heavy atom. The van der Waals surface area contributed by atoms with Crippen molar-refractivity contribution in [3.8, 4) is 11.4 Å². The van der Waals surface area contributed by atoms with Gasteiger partial charge in [0.05, 0.1) is 10.6 Å². The van der Waals surface area contributed by atoms with E-state index in [0.717, 1.165) is 17.4 Å². The van der Waals surface area contributed by atoms with Crippen molar-refractivity contribution >= 4 is 34.9 Å². The molecule has 0 aliphatic heterocycles. The molecule has 2 amide bonds. The number of para-hydroxylation sites is 2. The average Bonchev–Trinajstić information content (AvgIpc) is 3.48. The van der Waals surface area contributed by atoms with Gasteiger partial charge in [-0.1, -0.05) is 48.2 Å². The Balaban J connectivity index is 1.48. The number of halogens is 1. The molecule has 32 heavy (non-hydrogen) atoms. The molecule has 0 saturated carbocycles. The van der Waals surface area contributed by atoms with Crippen LogP contribution in [-0.2, 0) is 11.4 Å². The summed E-state index contributed by atoms with van der Waals surface area (Å²) in [5.74, 6) is -0.835. The number of hydrogen-bond acceptors (Lipinski definition) is 7. The van der Waals surface area contributed by atoms with Gasteiger partial charge in [-0.05, 0) is 35.7 Å². The summed E-state index contributed by atoms with van der Waals surface area (Å²) in [6.45, 7) is -0.0214. The smallest absolute Gasteiger partial charge is 0.267 e. The SMILES string of the molecule is O=C(CSc1nnc(COc2ccccc2F)n1-c1ccccc1)NC(=O)c1cccs1. The maximum absolute atomic E-state index is 13.9. The van der Waals surface area contributed by atoms with Gasteiger partial charge in [-0.2, -0.15) is 0 Å². The second-order valence-electron chi connectivity index (χ2n) is 6.43. The molecule has 0 unspecified atom stereocenters. The first-order valence-electron chi connectivity index (χ1n) is 9.49. The number of amides is 2. The topological polar surface area (TPSA) is 86.1 Å². The maximum Gasteiger partial charge on any atom is 0.267 e. The van der Waals surface area contributed by atoms with E-state index in [9.17, 15) is 14.0 Å². The predicted molar refractivity (Wildman–Crippen MR) is 120 cm³/mol. The van der Waals surface area contributed by atoms with E-state index >= 15 is 0 Å². The zero-order valence-corrected chi connectivity index (χ0v) is 18.2. The molecule has 0 aliphatic carbocycles. The Bertz CT molecular complexity index is 1210. The lowest BCUT2D eigenvalue weighted by atomic mass is 10.3. The molecular formula is C22H17FN4O3S2. The molecule has 7 nitrogen and oxygen atoms in total. The van der Waals surface area contributed by atoms with E-state index in [-0.39, 0.29) is 18.1 Å². The number of nitrogens with one attached hydrogen (secondary N) is 1. The molecule has 1 N–H and O–H groups in total. The fourth-order valence-corrected chi connectivity index (χ4v) is 4.18. The molecule has 2 heterocycles. The molecular weight excluding hydrogens is 451 g/mol. The van der Waals surface area contributed by atoms with Gasteiger partial charge in [0.15, 0.2) is 22.5 Å². The standard InChI is InChI=1S/C22H17FN4O3S2/c23-16-9-4-5-10-17(16)30-13-19-25-26-22(27(19)15-7-2-1-3-8-15)32-14-20(28)24-21(29)18-11-6-12-31-18/h1-12H,13-14H2,(H,24,28,29). The van der Waals surface area contributed by atoms with Crippen LogP contribution < -0.4 is 10.1 Å². The fraction of sp³-hybridized carbons (Fsp3) is 0.0909. The fourth-order valence-electron chi connectivity index (χ4n) is 2.79. The van der Waals surface area contributed by atoms with Crippen molar-refractivity contribution in [2.45, 2.75) is 11.8 Å². The van der Waals surface area contributed by atoms with Gasteiger partial charge >= 0.3 is 0 Å². The second kappa shape index (κ2) is 10.2. The zero-order chi connectivity index (χ0) is 22.3. The quantitative estimate of drug-likeness (QED) is 0.392. The maximum atomic E-state index is 13.9. The molecule has 0 aliphatic rings. The third-order valence-corrected chi connectivity index (χ3v) is 6.04. The third kappa shape index (κ3) is 5.21. The van der Waals surface area contributed by atoms with Crippen molar-refractivity contribution < 1.29 is 18.7 Å². The van der Waals surface area contributed by atoms with Crippen LogP contribution in [0, 0.1) is 5.82 Å². The Labute approximate surface area is 191 Å². The molecule has 0 radical (unpaired) electrons. The van der Waals surface area contributed by atoms with Gasteiger partial charge in [0.2, 0.25) is 5.91 Å². The molecule has 2 aromatic heterocycles. The number of thioether (sulfide) groups is 1. The van der Waals surface area contributed by atoms with E-state index in [2.05, 4.69) is 15.5 Å². The average molecular weight is 469 g/mol. The zero-order valence-electron chi connectivity index (χ0n) is 16.6. The highest BCUT2D eigenvalue weighted by atomic mass is 32.2. The molecule has 0 atom stereocenters. The van der Waals surface area contributed by atoms with Crippen molar-refractivity contribution in [3.05, 3.63) is 88.6 Å². The summed E-state index contributed by atoms with van der Waals surface area (Å²) in [5, 5.41) is 12.9. The van der Waals surface area contributed by atoms with Gasteiger partial charge in [-0.15, -0.1) is 21.5 Å². The third-order valence-electron chi connectivity index (χ3n) is 4.24. The summed E-state index contributed by atoms with van der Waals surface area (Å²) < 4.78 is 21.2. The monoisotopic (exact) mass is 468 g/mol. The minimum atomic E-state index is -0.472. The molecule has 0 saturated heterocycles. The Kier molecular flexibility index (Phi) is 6.93. The molecule has 4 aromatic rings. The Morgan fingerprint density at radius 1 is 1.03 bits per heavy atom. The first kappa shape index (κ1) is 21.7. The lowest BCUT2D eigenvalue weighted by Crippen LogP contribution is -2.31. The van der Waals surface area contributed by atoms with Gasteiger partial charge in [-0.25, -0.2) is 4.39 Å². The summed E-state index contributed by atoms with van der Waals surface area (Å²) in [5.41, 5.74) is 0.766. The van der Waals surface area contributed by atoms with E-state index in [4.69, 9.17) is 4.74 Å². The van der Waals surface area contributed by atoms with Crippen LogP contribution in [0.25, 0.3) is 5.69 Å². The minimum absolute atomic E-state index is 0.0214. The molecule has 2 aromatic carbocycles. The normalized spacial score (nSPS) is 10.7. The van der Waals surface area contributed by atoms with Crippen LogP contribution in [0.3, 0.4) is 0 Å². The van der Waals surface area contributed by atoms with Crippen LogP contribution in [0.4, 0.5) is 4.39 Å². The number of ether oxygens (including phenoxy) is 1. The van der Waals surface area contributed by atoms with Crippen LogP contribution in [0.15, 0.2) is 77.3 Å². The number of rotatable bonds is 8. The lowest BCUT2D eigenvalue weighted by molar-refractivity contribution is -0.117.